The van der Waals surface area contributed by atoms with Crippen LogP contribution in [0.15, 0.2) is 78.0 Å². The molecule has 2 heterocycles. The van der Waals surface area contributed by atoms with Crippen LogP contribution in [0, 0.1) is 18.6 Å². The molecule has 0 bridgehead atoms. The van der Waals surface area contributed by atoms with Gasteiger partial charge in [0.1, 0.15) is 47.1 Å². The number of hydrogen-bond acceptors (Lipinski definition) is 9. The molecule has 0 unspecified atom stereocenters. The third-order valence-corrected chi connectivity index (χ3v) is 12.6. The Bertz CT molecular complexity index is 2140. The van der Waals surface area contributed by atoms with Crippen LogP contribution in [-0.2, 0) is 34.6 Å². The fraction of sp³-hybridized carbons (Fsp3) is 0.333. The van der Waals surface area contributed by atoms with Gasteiger partial charge in [-0.2, -0.15) is 4.31 Å². The molecule has 0 saturated heterocycles. The largest absolute Gasteiger partial charge is 0.497 e. The van der Waals surface area contributed by atoms with Gasteiger partial charge in [0, 0.05) is 56.6 Å². The van der Waals surface area contributed by atoms with E-state index in [1.54, 1.807) is 47.9 Å². The number of ether oxygens (including phenoxy) is 5. The molecule has 11 nitrogen and oxygen atoms in total. The number of pyridine rings is 1. The van der Waals surface area contributed by atoms with Gasteiger partial charge in [-0.05, 0) is 54.9 Å². The van der Waals surface area contributed by atoms with Crippen LogP contribution < -0.4 is 18.9 Å². The zero-order chi connectivity index (χ0) is 39.2. The van der Waals surface area contributed by atoms with Gasteiger partial charge in [0.25, 0.3) is 0 Å². The van der Waals surface area contributed by atoms with E-state index in [1.165, 1.54) is 57.1 Å². The first-order valence-corrected chi connectivity index (χ1v) is 22.3. The Labute approximate surface area is 316 Å². The van der Waals surface area contributed by atoms with Gasteiger partial charge in [-0.25, -0.2) is 27.2 Å². The molecule has 0 fully saturated rings. The van der Waals surface area contributed by atoms with Crippen LogP contribution in [0.25, 0.3) is 22.8 Å². The lowest BCUT2D eigenvalue weighted by Gasteiger charge is -2.26. The predicted molar refractivity (Wildman–Crippen MR) is 205 cm³/mol. The second kappa shape index (κ2) is 17.1. The van der Waals surface area contributed by atoms with Gasteiger partial charge in [0.05, 0.1) is 51.4 Å². The second-order valence-electron chi connectivity index (χ2n) is 13.8. The predicted octanol–water partition coefficient (Wildman–Crippen LogP) is 7.94. The fourth-order valence-electron chi connectivity index (χ4n) is 5.92. The lowest BCUT2D eigenvalue weighted by Crippen LogP contribution is -2.31. The van der Waals surface area contributed by atoms with Crippen molar-refractivity contribution in [3.63, 3.8) is 0 Å². The summed E-state index contributed by atoms with van der Waals surface area (Å²) >= 11 is 0. The van der Waals surface area contributed by atoms with Crippen LogP contribution in [0.4, 0.5) is 8.78 Å². The number of nitrogens with zero attached hydrogens (tertiary/aromatic N) is 4. The third kappa shape index (κ3) is 9.09. The average molecular weight is 781 g/mol. The first kappa shape index (κ1) is 40.4. The van der Waals surface area contributed by atoms with Gasteiger partial charge in [-0.3, -0.25) is 4.57 Å². The molecule has 0 aliphatic carbocycles. The smallest absolute Gasteiger partial charge is 0.243 e. The van der Waals surface area contributed by atoms with Crippen molar-refractivity contribution >= 4 is 18.1 Å². The number of rotatable bonds is 17. The molecule has 5 aromatic rings. The summed E-state index contributed by atoms with van der Waals surface area (Å²) in [5.41, 5.74) is 1.93. The highest BCUT2D eigenvalue weighted by atomic mass is 32.2. The van der Waals surface area contributed by atoms with Crippen molar-refractivity contribution in [3.8, 4) is 45.8 Å². The summed E-state index contributed by atoms with van der Waals surface area (Å²) in [5.74, 6) is 1.06. The van der Waals surface area contributed by atoms with Gasteiger partial charge in [0.2, 0.25) is 10.0 Å². The number of halogens is 2. The molecule has 54 heavy (non-hydrogen) atoms. The Morgan fingerprint density at radius 3 is 1.91 bits per heavy atom. The van der Waals surface area contributed by atoms with Crippen LogP contribution in [0.5, 0.6) is 23.0 Å². The van der Waals surface area contributed by atoms with E-state index in [0.29, 0.717) is 52.3 Å². The highest BCUT2D eigenvalue weighted by molar-refractivity contribution is 7.89. The Morgan fingerprint density at radius 1 is 0.778 bits per heavy atom. The van der Waals surface area contributed by atoms with Crippen LogP contribution in [0.2, 0.25) is 25.7 Å². The van der Waals surface area contributed by atoms with E-state index in [4.69, 9.17) is 23.7 Å². The van der Waals surface area contributed by atoms with Gasteiger partial charge < -0.3 is 23.7 Å². The lowest BCUT2D eigenvalue weighted by molar-refractivity contribution is 0.0892. The molecular weight excluding hydrogens is 735 g/mol. The third-order valence-electron chi connectivity index (χ3n) is 8.95. The Morgan fingerprint density at radius 2 is 1.39 bits per heavy atom. The molecule has 5 rings (SSSR count). The first-order chi connectivity index (χ1) is 25.7. The summed E-state index contributed by atoms with van der Waals surface area (Å²) in [6.07, 6.45) is 2.52. The van der Waals surface area contributed by atoms with Crippen molar-refractivity contribution in [2.75, 3.05) is 35.0 Å². The van der Waals surface area contributed by atoms with Crippen molar-refractivity contribution < 1.29 is 40.9 Å². The molecule has 0 aliphatic heterocycles. The molecule has 3 aromatic carbocycles. The zero-order valence-electron chi connectivity index (χ0n) is 31.8. The number of benzene rings is 3. The van der Waals surface area contributed by atoms with Gasteiger partial charge >= 0.3 is 0 Å². The maximum Gasteiger partial charge on any atom is 0.243 e. The minimum absolute atomic E-state index is 0.0229. The van der Waals surface area contributed by atoms with E-state index in [9.17, 15) is 12.8 Å². The first-order valence-electron chi connectivity index (χ1n) is 17.2. The quantitative estimate of drug-likeness (QED) is 0.0686. The lowest BCUT2D eigenvalue weighted by atomic mass is 10.1. The van der Waals surface area contributed by atoms with Gasteiger partial charge in [0.15, 0.2) is 5.82 Å². The summed E-state index contributed by atoms with van der Waals surface area (Å²) in [6.45, 7) is 8.47. The minimum Gasteiger partial charge on any atom is -0.497 e. The zero-order valence-corrected chi connectivity index (χ0v) is 33.6. The summed E-state index contributed by atoms with van der Waals surface area (Å²) in [7, 11) is 0.230. The van der Waals surface area contributed by atoms with Crippen molar-refractivity contribution in [2.45, 2.75) is 57.3 Å². The molecule has 0 N–H and O–H groups in total. The fourth-order valence-corrected chi connectivity index (χ4v) is 8.30. The maximum atomic E-state index is 16.1. The number of aromatic nitrogens is 3. The van der Waals surface area contributed by atoms with Crippen molar-refractivity contribution in [1.82, 2.24) is 18.8 Å². The Hall–Kier alpha value is -4.83. The van der Waals surface area contributed by atoms with Crippen LogP contribution >= 0.6 is 0 Å². The van der Waals surface area contributed by atoms with Crippen LogP contribution in [0.3, 0.4) is 0 Å². The normalized spacial score (nSPS) is 11.9. The van der Waals surface area contributed by atoms with Crippen molar-refractivity contribution in [3.05, 3.63) is 101 Å². The molecule has 0 atom stereocenters. The average Bonchev–Trinajstić information content (AvgIpc) is 3.56. The van der Waals surface area contributed by atoms with E-state index >= 15 is 4.39 Å². The second-order valence-corrected chi connectivity index (χ2v) is 21.3. The number of sulfonamides is 1. The monoisotopic (exact) mass is 780 g/mol. The van der Waals surface area contributed by atoms with Crippen LogP contribution in [0.1, 0.15) is 16.7 Å². The molecular formula is C39H46F2N4O7SSi. The van der Waals surface area contributed by atoms with E-state index < -0.39 is 29.7 Å². The van der Waals surface area contributed by atoms with E-state index in [0.717, 1.165) is 18.3 Å². The van der Waals surface area contributed by atoms with Gasteiger partial charge in [-0.1, -0.05) is 31.8 Å². The molecule has 0 saturated carbocycles. The van der Waals surface area contributed by atoms with Crippen LogP contribution in [-0.4, -0.2) is 70.4 Å². The Kier molecular flexibility index (Phi) is 12.8. The molecule has 0 spiro atoms. The summed E-state index contributed by atoms with van der Waals surface area (Å²) in [4.78, 5) is 8.62. The molecule has 15 heteroatoms. The molecule has 2 aromatic heterocycles. The molecule has 0 amide bonds. The Balaban J connectivity index is 1.64. The highest BCUT2D eigenvalue weighted by Gasteiger charge is 2.31. The molecule has 0 aliphatic rings. The number of methoxy groups -OCH3 is 4. The SMILES string of the molecule is COc1ccc(CN(Cc2ccc(OC)cc2OC)S(=O)(=O)c2ccc(F)c(-c3cnc(-c4ccc(F)cn4)n3COCC[Si](C)(C)C)c2C)c(OC)c1. The summed E-state index contributed by atoms with van der Waals surface area (Å²) in [5, 5.41) is 0. The summed E-state index contributed by atoms with van der Waals surface area (Å²) in [6, 6.07) is 16.3. The minimum atomic E-state index is -4.37. The number of imidazole rings is 1. The summed E-state index contributed by atoms with van der Waals surface area (Å²) < 4.78 is 90.8. The maximum absolute atomic E-state index is 16.1. The van der Waals surface area contributed by atoms with E-state index in [2.05, 4.69) is 29.6 Å². The molecule has 0 radical (unpaired) electrons. The standard InChI is InChI=1S/C39H46F2N4O7SSi/c1-26-37(16-14-32(41)38(26)34-22-43-39(33-15-11-29(40)21-42-33)45(34)25-52-17-18-54(6,7)8)53(46,47)44(23-27-9-12-30(48-2)19-35(27)50-4)24-28-10-13-31(49-3)20-36(28)51-5/h9-16,19-22H,17-18,23-25H2,1-8H3. The topological polar surface area (TPSA) is 114 Å². The number of hydrogen-bond donors (Lipinski definition) is 0. The molecule has 288 valence electrons. The van der Waals surface area contributed by atoms with Crippen molar-refractivity contribution in [1.29, 1.82) is 0 Å². The van der Waals surface area contributed by atoms with Gasteiger partial charge in [-0.15, -0.1) is 0 Å². The van der Waals surface area contributed by atoms with E-state index in [-0.39, 0.29) is 41.5 Å². The van der Waals surface area contributed by atoms with Crippen molar-refractivity contribution in [2.24, 2.45) is 0 Å². The highest BCUT2D eigenvalue weighted by Crippen LogP contribution is 2.37. The van der Waals surface area contributed by atoms with E-state index in [1.807, 2.05) is 0 Å².